The van der Waals surface area contributed by atoms with Crippen LogP contribution in [0.4, 0.5) is 13.2 Å². The van der Waals surface area contributed by atoms with Gasteiger partial charge in [0, 0.05) is 6.54 Å². The molecule has 1 rings (SSSR count). The number of alkyl halides is 3. The molecule has 0 saturated heterocycles. The van der Waals surface area contributed by atoms with E-state index in [0.717, 1.165) is 25.1 Å². The van der Waals surface area contributed by atoms with Crippen LogP contribution in [0.1, 0.15) is 25.8 Å². The van der Waals surface area contributed by atoms with Crippen molar-refractivity contribution in [3.05, 3.63) is 29.8 Å². The van der Waals surface area contributed by atoms with E-state index in [1.54, 1.807) is 6.07 Å². The predicted molar refractivity (Wildman–Crippen MR) is 64.7 cm³/mol. The summed E-state index contributed by atoms with van der Waals surface area (Å²) in [6.07, 6.45) is -3.71. The van der Waals surface area contributed by atoms with Crippen LogP contribution in [-0.2, 0) is 6.18 Å². The lowest BCUT2D eigenvalue weighted by Gasteiger charge is -2.18. The molecule has 0 aliphatic heterocycles. The molecule has 0 heterocycles. The highest BCUT2D eigenvalue weighted by Crippen LogP contribution is 2.31. The number of hydrogen-bond acceptors (Lipinski definition) is 2. The molecule has 1 unspecified atom stereocenters. The molecular weight excluding hydrogens is 243 g/mol. The second-order valence-corrected chi connectivity index (χ2v) is 3.98. The smallest absolute Gasteiger partial charge is 0.416 e. The van der Waals surface area contributed by atoms with Crippen LogP contribution < -0.4 is 10.1 Å². The Kier molecular flexibility index (Phi) is 5.47. The fourth-order valence-corrected chi connectivity index (χ4v) is 1.51. The number of ether oxygens (including phenoxy) is 1. The molecule has 1 aromatic carbocycles. The zero-order valence-electron chi connectivity index (χ0n) is 10.6. The van der Waals surface area contributed by atoms with E-state index in [4.69, 9.17) is 4.74 Å². The molecule has 0 aliphatic carbocycles. The average Bonchev–Trinajstić information content (AvgIpc) is 2.33. The van der Waals surface area contributed by atoms with Gasteiger partial charge in [0.1, 0.15) is 11.9 Å². The topological polar surface area (TPSA) is 21.3 Å². The van der Waals surface area contributed by atoms with Crippen LogP contribution in [0.5, 0.6) is 5.75 Å². The van der Waals surface area contributed by atoms with Gasteiger partial charge in [-0.3, -0.25) is 0 Å². The normalized spacial score (nSPS) is 13.4. The van der Waals surface area contributed by atoms with Crippen molar-refractivity contribution < 1.29 is 17.9 Å². The molecule has 0 radical (unpaired) electrons. The lowest BCUT2D eigenvalue weighted by atomic mass is 10.2. The summed E-state index contributed by atoms with van der Waals surface area (Å²) in [6, 6.07) is 4.98. The number of benzene rings is 1. The number of likely N-dealkylation sites (N-methyl/N-ethyl adjacent to an activating group) is 1. The summed E-state index contributed by atoms with van der Waals surface area (Å²) in [5.74, 6) is 0.259. The van der Waals surface area contributed by atoms with E-state index in [1.807, 2.05) is 13.8 Å². The molecule has 2 nitrogen and oxygen atoms in total. The average molecular weight is 261 g/mol. The molecule has 1 atom stereocenters. The lowest BCUT2D eigenvalue weighted by Crippen LogP contribution is -2.30. The zero-order chi connectivity index (χ0) is 13.6. The van der Waals surface area contributed by atoms with E-state index in [9.17, 15) is 13.2 Å². The van der Waals surface area contributed by atoms with E-state index < -0.39 is 11.7 Å². The summed E-state index contributed by atoms with van der Waals surface area (Å²) in [5.41, 5.74) is -0.682. The van der Waals surface area contributed by atoms with Crippen molar-refractivity contribution in [2.75, 3.05) is 13.1 Å². The van der Waals surface area contributed by atoms with E-state index in [2.05, 4.69) is 5.32 Å². The van der Waals surface area contributed by atoms with Crippen molar-refractivity contribution in [1.29, 1.82) is 0 Å². The van der Waals surface area contributed by atoms with Crippen molar-refractivity contribution in [2.45, 2.75) is 32.5 Å². The summed E-state index contributed by atoms with van der Waals surface area (Å²) in [4.78, 5) is 0. The third-order valence-corrected chi connectivity index (χ3v) is 2.54. The molecule has 0 spiro atoms. The SMILES string of the molecule is CCNCC(CC)Oc1cccc(C(F)(F)F)c1. The van der Waals surface area contributed by atoms with Crippen LogP contribution in [0.25, 0.3) is 0 Å². The van der Waals surface area contributed by atoms with Gasteiger partial charge >= 0.3 is 6.18 Å². The van der Waals surface area contributed by atoms with Crippen molar-refractivity contribution in [3.8, 4) is 5.75 Å². The molecule has 0 saturated carbocycles. The number of halogens is 3. The summed E-state index contributed by atoms with van der Waals surface area (Å²) in [7, 11) is 0. The first kappa shape index (κ1) is 14.8. The molecule has 1 N–H and O–H groups in total. The Morgan fingerprint density at radius 1 is 1.28 bits per heavy atom. The molecule has 18 heavy (non-hydrogen) atoms. The fourth-order valence-electron chi connectivity index (χ4n) is 1.51. The van der Waals surface area contributed by atoms with Crippen LogP contribution >= 0.6 is 0 Å². The highest BCUT2D eigenvalue weighted by molar-refractivity contribution is 5.30. The first-order valence-electron chi connectivity index (χ1n) is 6.02. The van der Waals surface area contributed by atoms with Crippen LogP contribution in [0, 0.1) is 0 Å². The van der Waals surface area contributed by atoms with Gasteiger partial charge in [-0.2, -0.15) is 13.2 Å². The third-order valence-electron chi connectivity index (χ3n) is 2.54. The first-order chi connectivity index (χ1) is 8.47. The maximum absolute atomic E-state index is 12.5. The molecule has 0 bridgehead atoms. The Bertz CT molecular complexity index is 365. The van der Waals surface area contributed by atoms with Crippen molar-refractivity contribution in [2.24, 2.45) is 0 Å². The minimum Gasteiger partial charge on any atom is -0.489 e. The van der Waals surface area contributed by atoms with Gasteiger partial charge in [-0.05, 0) is 31.2 Å². The minimum absolute atomic E-state index is 0.117. The maximum atomic E-state index is 12.5. The molecule has 0 fully saturated rings. The number of hydrogen-bond donors (Lipinski definition) is 1. The Balaban J connectivity index is 2.71. The van der Waals surface area contributed by atoms with Crippen molar-refractivity contribution in [1.82, 2.24) is 5.32 Å². The van der Waals surface area contributed by atoms with E-state index in [0.29, 0.717) is 6.54 Å². The fraction of sp³-hybridized carbons (Fsp3) is 0.538. The lowest BCUT2D eigenvalue weighted by molar-refractivity contribution is -0.137. The van der Waals surface area contributed by atoms with Gasteiger partial charge in [-0.1, -0.05) is 19.9 Å². The molecule has 5 heteroatoms. The molecular formula is C13H18F3NO. The molecule has 102 valence electrons. The Hall–Kier alpha value is -1.23. The Labute approximate surface area is 105 Å². The summed E-state index contributed by atoms with van der Waals surface area (Å²) in [6.45, 7) is 5.35. The van der Waals surface area contributed by atoms with Gasteiger partial charge in [0.2, 0.25) is 0 Å². The number of rotatable bonds is 6. The van der Waals surface area contributed by atoms with Gasteiger partial charge in [-0.15, -0.1) is 0 Å². The third kappa shape index (κ3) is 4.56. The first-order valence-corrected chi connectivity index (χ1v) is 6.02. The summed E-state index contributed by atoms with van der Waals surface area (Å²) in [5, 5.41) is 3.12. The Morgan fingerprint density at radius 3 is 2.56 bits per heavy atom. The second kappa shape index (κ2) is 6.64. The second-order valence-electron chi connectivity index (χ2n) is 3.98. The highest BCUT2D eigenvalue weighted by Gasteiger charge is 2.30. The van der Waals surface area contributed by atoms with Gasteiger partial charge in [-0.25, -0.2) is 0 Å². The molecule has 1 aromatic rings. The maximum Gasteiger partial charge on any atom is 0.416 e. The zero-order valence-corrected chi connectivity index (χ0v) is 10.6. The monoisotopic (exact) mass is 261 g/mol. The van der Waals surface area contributed by atoms with Crippen LogP contribution in [0.15, 0.2) is 24.3 Å². The van der Waals surface area contributed by atoms with E-state index in [1.165, 1.54) is 6.07 Å². The largest absolute Gasteiger partial charge is 0.489 e. The summed E-state index contributed by atoms with van der Waals surface area (Å²) >= 11 is 0. The van der Waals surface area contributed by atoms with Gasteiger partial charge < -0.3 is 10.1 Å². The summed E-state index contributed by atoms with van der Waals surface area (Å²) < 4.78 is 43.1. The van der Waals surface area contributed by atoms with Crippen LogP contribution in [0.2, 0.25) is 0 Å². The highest BCUT2D eigenvalue weighted by atomic mass is 19.4. The standard InChI is InChI=1S/C13H18F3NO/c1-3-11(9-17-4-2)18-12-7-5-6-10(8-12)13(14,15)16/h5-8,11,17H,3-4,9H2,1-2H3. The minimum atomic E-state index is -4.33. The van der Waals surface area contributed by atoms with E-state index >= 15 is 0 Å². The van der Waals surface area contributed by atoms with Crippen LogP contribution in [-0.4, -0.2) is 19.2 Å². The molecule has 0 aromatic heterocycles. The quantitative estimate of drug-likeness (QED) is 0.846. The van der Waals surface area contributed by atoms with Gasteiger partial charge in [0.25, 0.3) is 0 Å². The van der Waals surface area contributed by atoms with Crippen molar-refractivity contribution >= 4 is 0 Å². The van der Waals surface area contributed by atoms with E-state index in [-0.39, 0.29) is 11.9 Å². The number of nitrogens with one attached hydrogen (secondary N) is 1. The Morgan fingerprint density at radius 2 is 2.00 bits per heavy atom. The van der Waals surface area contributed by atoms with Gasteiger partial charge in [0.15, 0.2) is 0 Å². The van der Waals surface area contributed by atoms with Gasteiger partial charge in [0.05, 0.1) is 5.56 Å². The predicted octanol–water partition coefficient (Wildman–Crippen LogP) is 3.47. The van der Waals surface area contributed by atoms with Crippen molar-refractivity contribution in [3.63, 3.8) is 0 Å². The van der Waals surface area contributed by atoms with Crippen LogP contribution in [0.3, 0.4) is 0 Å². The molecule has 0 amide bonds. The molecule has 0 aliphatic rings.